The summed E-state index contributed by atoms with van der Waals surface area (Å²) >= 11 is 1.56. The smallest absolute Gasteiger partial charge is 0.326 e. The number of rotatable bonds is 8. The van der Waals surface area contributed by atoms with Crippen molar-refractivity contribution >= 4 is 23.8 Å². The van der Waals surface area contributed by atoms with Crippen LogP contribution in [0.4, 0.5) is 4.79 Å². The highest BCUT2D eigenvalue weighted by Crippen LogP contribution is 2.07. The molecule has 0 radical (unpaired) electrons. The summed E-state index contributed by atoms with van der Waals surface area (Å²) in [7, 11) is 0. The number of amides is 2. The zero-order chi connectivity index (χ0) is 14.1. The lowest BCUT2D eigenvalue weighted by Gasteiger charge is -2.18. The molecule has 0 aromatic heterocycles. The van der Waals surface area contributed by atoms with Crippen molar-refractivity contribution in [2.45, 2.75) is 33.2 Å². The molecule has 6 heteroatoms. The van der Waals surface area contributed by atoms with Crippen LogP contribution in [0.3, 0.4) is 0 Å². The zero-order valence-electron chi connectivity index (χ0n) is 11.5. The molecule has 2 atom stereocenters. The summed E-state index contributed by atoms with van der Waals surface area (Å²) in [6, 6.07) is -1.22. The summed E-state index contributed by atoms with van der Waals surface area (Å²) in [5, 5.41) is 14.2. The highest BCUT2D eigenvalue weighted by atomic mass is 32.2. The molecule has 0 heterocycles. The van der Waals surface area contributed by atoms with Crippen molar-refractivity contribution in [1.29, 1.82) is 0 Å². The quantitative estimate of drug-likeness (QED) is 0.631. The van der Waals surface area contributed by atoms with Crippen LogP contribution in [0.15, 0.2) is 0 Å². The first-order valence-corrected chi connectivity index (χ1v) is 7.54. The molecule has 0 aromatic carbocycles. The lowest BCUT2D eigenvalue weighted by Crippen LogP contribution is -2.47. The molecule has 0 saturated heterocycles. The van der Waals surface area contributed by atoms with Crippen molar-refractivity contribution < 1.29 is 14.7 Å². The van der Waals surface area contributed by atoms with Gasteiger partial charge in [0.05, 0.1) is 0 Å². The number of nitrogens with one attached hydrogen (secondary N) is 2. The van der Waals surface area contributed by atoms with Crippen LogP contribution in [-0.4, -0.2) is 41.7 Å². The Balaban J connectivity index is 4.06. The maximum atomic E-state index is 11.6. The molecule has 0 aliphatic rings. The number of hydrogen-bond acceptors (Lipinski definition) is 3. The van der Waals surface area contributed by atoms with E-state index in [0.29, 0.717) is 30.6 Å². The first-order valence-electron chi connectivity index (χ1n) is 6.14. The summed E-state index contributed by atoms with van der Waals surface area (Å²) in [5.74, 6) is 0.568. The van der Waals surface area contributed by atoms with Gasteiger partial charge >= 0.3 is 12.0 Å². The number of thioether (sulfide) groups is 1. The van der Waals surface area contributed by atoms with E-state index in [1.54, 1.807) is 11.8 Å². The summed E-state index contributed by atoms with van der Waals surface area (Å²) in [4.78, 5) is 22.5. The van der Waals surface area contributed by atoms with E-state index in [2.05, 4.69) is 24.5 Å². The van der Waals surface area contributed by atoms with Crippen molar-refractivity contribution in [2.24, 2.45) is 11.8 Å². The van der Waals surface area contributed by atoms with E-state index in [4.69, 9.17) is 5.11 Å². The molecule has 0 fully saturated rings. The normalized spacial score (nSPS) is 14.1. The van der Waals surface area contributed by atoms with E-state index < -0.39 is 18.0 Å². The minimum absolute atomic E-state index is 0.366. The van der Waals surface area contributed by atoms with Crippen LogP contribution < -0.4 is 10.6 Å². The molecule has 0 aliphatic carbocycles. The zero-order valence-corrected chi connectivity index (χ0v) is 12.3. The highest BCUT2D eigenvalue weighted by Gasteiger charge is 2.19. The number of carboxylic acids is 1. The van der Waals surface area contributed by atoms with Gasteiger partial charge in [-0.15, -0.1) is 0 Å². The topological polar surface area (TPSA) is 78.4 Å². The number of carbonyl (C=O) groups excluding carboxylic acids is 1. The third kappa shape index (κ3) is 7.42. The molecule has 5 nitrogen and oxygen atoms in total. The Morgan fingerprint density at radius 2 is 1.89 bits per heavy atom. The SMILES string of the molecule is CSCC[C@H](NC(=O)NCC(C)C(C)C)C(=O)O. The van der Waals surface area contributed by atoms with Gasteiger partial charge in [-0.25, -0.2) is 9.59 Å². The van der Waals surface area contributed by atoms with E-state index >= 15 is 0 Å². The van der Waals surface area contributed by atoms with Gasteiger partial charge in [-0.3, -0.25) is 0 Å². The molecule has 0 aromatic rings. The predicted octanol–water partition coefficient (Wildman–Crippen LogP) is 1.78. The second-order valence-electron chi connectivity index (χ2n) is 4.75. The van der Waals surface area contributed by atoms with Crippen molar-refractivity contribution in [3.8, 4) is 0 Å². The predicted molar refractivity (Wildman–Crippen MR) is 75.0 cm³/mol. The first-order chi connectivity index (χ1) is 8.38. The number of carboxylic acid groups (broad SMARTS) is 1. The Hall–Kier alpha value is -0.910. The molecular weight excluding hydrogens is 252 g/mol. The lowest BCUT2D eigenvalue weighted by atomic mass is 9.98. The van der Waals surface area contributed by atoms with E-state index in [1.807, 2.05) is 13.2 Å². The second kappa shape index (κ2) is 9.08. The fourth-order valence-electron chi connectivity index (χ4n) is 1.19. The molecule has 0 saturated carbocycles. The van der Waals surface area contributed by atoms with Gasteiger partial charge in [0.15, 0.2) is 0 Å². The number of aliphatic carboxylic acids is 1. The molecule has 0 bridgehead atoms. The van der Waals surface area contributed by atoms with Gasteiger partial charge in [0.2, 0.25) is 0 Å². The Morgan fingerprint density at radius 1 is 1.28 bits per heavy atom. The average molecular weight is 276 g/mol. The van der Waals surface area contributed by atoms with Gasteiger partial charge in [0.25, 0.3) is 0 Å². The molecule has 1 unspecified atom stereocenters. The first kappa shape index (κ1) is 17.1. The van der Waals surface area contributed by atoms with Crippen molar-refractivity contribution in [1.82, 2.24) is 10.6 Å². The number of urea groups is 1. The van der Waals surface area contributed by atoms with Crippen LogP contribution in [-0.2, 0) is 4.79 Å². The van der Waals surface area contributed by atoms with Crippen LogP contribution in [0.25, 0.3) is 0 Å². The van der Waals surface area contributed by atoms with Crippen molar-refractivity contribution in [3.05, 3.63) is 0 Å². The number of carbonyl (C=O) groups is 2. The van der Waals surface area contributed by atoms with Crippen LogP contribution in [0.2, 0.25) is 0 Å². The third-order valence-electron chi connectivity index (χ3n) is 2.94. The van der Waals surface area contributed by atoms with Crippen LogP contribution in [0.1, 0.15) is 27.2 Å². The molecule has 106 valence electrons. The van der Waals surface area contributed by atoms with Crippen molar-refractivity contribution in [3.63, 3.8) is 0 Å². The second-order valence-corrected chi connectivity index (χ2v) is 5.73. The maximum Gasteiger partial charge on any atom is 0.326 e. The fraction of sp³-hybridized carbons (Fsp3) is 0.833. The summed E-state index contributed by atoms with van der Waals surface area (Å²) in [6.07, 6.45) is 2.34. The van der Waals surface area contributed by atoms with E-state index in [9.17, 15) is 9.59 Å². The van der Waals surface area contributed by atoms with Gasteiger partial charge < -0.3 is 15.7 Å². The maximum absolute atomic E-state index is 11.6. The lowest BCUT2D eigenvalue weighted by molar-refractivity contribution is -0.139. The molecule has 0 rings (SSSR count). The largest absolute Gasteiger partial charge is 0.480 e. The fourth-order valence-corrected chi connectivity index (χ4v) is 1.66. The number of hydrogen-bond donors (Lipinski definition) is 3. The van der Waals surface area contributed by atoms with Crippen LogP contribution in [0, 0.1) is 11.8 Å². The minimum Gasteiger partial charge on any atom is -0.480 e. The third-order valence-corrected chi connectivity index (χ3v) is 3.58. The van der Waals surface area contributed by atoms with Gasteiger partial charge in [0.1, 0.15) is 6.04 Å². The van der Waals surface area contributed by atoms with E-state index in [-0.39, 0.29) is 0 Å². The van der Waals surface area contributed by atoms with E-state index in [1.165, 1.54) is 0 Å². The summed E-state index contributed by atoms with van der Waals surface area (Å²) in [5.41, 5.74) is 0. The summed E-state index contributed by atoms with van der Waals surface area (Å²) < 4.78 is 0. The Morgan fingerprint density at radius 3 is 2.33 bits per heavy atom. The monoisotopic (exact) mass is 276 g/mol. The standard InChI is InChI=1S/C12H24N2O3S/c1-8(2)9(3)7-13-12(17)14-10(11(15)16)5-6-18-4/h8-10H,5-7H2,1-4H3,(H,15,16)(H2,13,14,17)/t9?,10-/m0/s1. The van der Waals surface area contributed by atoms with Gasteiger partial charge in [-0.2, -0.15) is 11.8 Å². The highest BCUT2D eigenvalue weighted by molar-refractivity contribution is 7.98. The molecule has 3 N–H and O–H groups in total. The average Bonchev–Trinajstić information content (AvgIpc) is 2.30. The summed E-state index contributed by atoms with van der Waals surface area (Å²) in [6.45, 7) is 6.78. The molecule has 2 amide bonds. The Bertz CT molecular complexity index is 272. The Kier molecular flexibility index (Phi) is 8.62. The van der Waals surface area contributed by atoms with Crippen LogP contribution >= 0.6 is 11.8 Å². The molecular formula is C12H24N2O3S. The van der Waals surface area contributed by atoms with E-state index in [0.717, 1.165) is 0 Å². The molecule has 0 aliphatic heterocycles. The van der Waals surface area contributed by atoms with Crippen molar-refractivity contribution in [2.75, 3.05) is 18.6 Å². The Labute approximate surface area is 113 Å². The molecule has 0 spiro atoms. The van der Waals surface area contributed by atoms with Gasteiger partial charge in [0, 0.05) is 6.54 Å². The van der Waals surface area contributed by atoms with Gasteiger partial charge in [-0.1, -0.05) is 20.8 Å². The minimum atomic E-state index is -0.990. The van der Waals surface area contributed by atoms with Crippen LogP contribution in [0.5, 0.6) is 0 Å². The van der Waals surface area contributed by atoms with Gasteiger partial charge in [-0.05, 0) is 30.3 Å². The molecule has 18 heavy (non-hydrogen) atoms.